The highest BCUT2D eigenvalue weighted by molar-refractivity contribution is 8.18. The lowest BCUT2D eigenvalue weighted by Gasteiger charge is -2.29. The third-order valence-electron chi connectivity index (χ3n) is 5.85. The summed E-state index contributed by atoms with van der Waals surface area (Å²) in [7, 11) is 0. The van der Waals surface area contributed by atoms with Gasteiger partial charge in [-0.1, -0.05) is 30.3 Å². The van der Waals surface area contributed by atoms with Gasteiger partial charge in [-0.05, 0) is 71.8 Å². The van der Waals surface area contributed by atoms with E-state index in [1.165, 1.54) is 17.4 Å². The highest BCUT2D eigenvalue weighted by atomic mass is 32.2. The number of thioether (sulfide) groups is 1. The molecule has 7 heteroatoms. The molecule has 34 heavy (non-hydrogen) atoms. The second kappa shape index (κ2) is 10.2. The molecule has 2 saturated heterocycles. The molecule has 0 radical (unpaired) electrons. The molecule has 3 heterocycles. The molecule has 5 rings (SSSR count). The second-order valence-corrected chi connectivity index (χ2v) is 9.24. The number of carbonyl (C=O) groups is 1. The van der Waals surface area contributed by atoms with Crippen molar-refractivity contribution in [3.8, 4) is 0 Å². The Bertz CT molecular complexity index is 1220. The van der Waals surface area contributed by atoms with Crippen LogP contribution >= 0.6 is 11.8 Å². The third kappa shape index (κ3) is 5.05. The minimum atomic E-state index is -0.0415. The maximum Gasteiger partial charge on any atom is 0.267 e. The van der Waals surface area contributed by atoms with Crippen LogP contribution in [0.2, 0.25) is 0 Å². The van der Waals surface area contributed by atoms with Gasteiger partial charge < -0.3 is 9.64 Å². The van der Waals surface area contributed by atoms with Crippen LogP contribution < -0.4 is 4.90 Å². The van der Waals surface area contributed by atoms with Gasteiger partial charge in [0.1, 0.15) is 0 Å². The van der Waals surface area contributed by atoms with Crippen LogP contribution in [0.3, 0.4) is 0 Å². The molecule has 2 aliphatic rings. The normalized spacial score (nSPS) is 18.8. The van der Waals surface area contributed by atoms with Crippen LogP contribution in [0, 0.1) is 6.92 Å². The molecule has 0 N–H and O–H groups in total. The molecule has 1 aromatic heterocycles. The maximum atomic E-state index is 13.5. The number of benzene rings is 2. The zero-order valence-corrected chi connectivity index (χ0v) is 19.9. The summed E-state index contributed by atoms with van der Waals surface area (Å²) >= 11 is 1.42. The molecule has 0 unspecified atom stereocenters. The van der Waals surface area contributed by atoms with Crippen LogP contribution in [-0.2, 0) is 16.1 Å². The Morgan fingerprint density at radius 3 is 2.65 bits per heavy atom. The van der Waals surface area contributed by atoms with E-state index in [2.05, 4.69) is 35.0 Å². The summed E-state index contributed by atoms with van der Waals surface area (Å²) in [5.74, 6) is -0.0415. The number of morpholine rings is 1. The van der Waals surface area contributed by atoms with Crippen molar-refractivity contribution in [1.29, 1.82) is 0 Å². The fourth-order valence-corrected chi connectivity index (χ4v) is 4.99. The van der Waals surface area contributed by atoms with Crippen LogP contribution in [0.15, 0.2) is 83.0 Å². The van der Waals surface area contributed by atoms with E-state index in [0.717, 1.165) is 48.7 Å². The largest absolute Gasteiger partial charge is 0.378 e. The minimum Gasteiger partial charge on any atom is -0.378 e. The number of pyridine rings is 1. The Balaban J connectivity index is 1.44. The Hall–Kier alpha value is -3.42. The van der Waals surface area contributed by atoms with E-state index in [1.807, 2.05) is 48.5 Å². The number of ether oxygens (including phenoxy) is 1. The number of nitrogens with zero attached hydrogens (tertiary/aromatic N) is 4. The van der Waals surface area contributed by atoms with Gasteiger partial charge in [0.15, 0.2) is 5.17 Å². The second-order valence-electron chi connectivity index (χ2n) is 8.23. The van der Waals surface area contributed by atoms with E-state index in [9.17, 15) is 4.79 Å². The van der Waals surface area contributed by atoms with Gasteiger partial charge in [-0.2, -0.15) is 0 Å². The SMILES string of the molecule is Cc1cc(N2CCOCC2)ccc1/C=C1/SC(=Nc2ccccc2)N(Cc2cccnc2)C1=O. The molecule has 0 bridgehead atoms. The first-order chi connectivity index (χ1) is 16.7. The molecular weight excluding hydrogens is 444 g/mol. The molecule has 0 spiro atoms. The summed E-state index contributed by atoms with van der Waals surface area (Å²) in [6.45, 7) is 5.83. The zero-order chi connectivity index (χ0) is 23.3. The Labute approximate surface area is 204 Å². The van der Waals surface area contributed by atoms with Gasteiger partial charge in [0.2, 0.25) is 0 Å². The lowest BCUT2D eigenvalue weighted by molar-refractivity contribution is -0.122. The highest BCUT2D eigenvalue weighted by Gasteiger charge is 2.33. The fraction of sp³-hybridized carbons (Fsp3) is 0.222. The monoisotopic (exact) mass is 470 g/mol. The molecule has 3 aromatic rings. The van der Waals surface area contributed by atoms with Crippen LogP contribution in [0.4, 0.5) is 11.4 Å². The lowest BCUT2D eigenvalue weighted by Crippen LogP contribution is -2.36. The summed E-state index contributed by atoms with van der Waals surface area (Å²) in [6.07, 6.45) is 5.50. The summed E-state index contributed by atoms with van der Waals surface area (Å²) in [5.41, 5.74) is 5.15. The van der Waals surface area contributed by atoms with Gasteiger partial charge in [0, 0.05) is 31.2 Å². The molecule has 0 atom stereocenters. The van der Waals surface area contributed by atoms with Gasteiger partial charge in [0.25, 0.3) is 5.91 Å². The summed E-state index contributed by atoms with van der Waals surface area (Å²) in [6, 6.07) is 20.0. The number of amides is 1. The number of hydrogen-bond acceptors (Lipinski definition) is 6. The van der Waals surface area contributed by atoms with Gasteiger partial charge in [-0.3, -0.25) is 14.7 Å². The molecule has 0 aliphatic carbocycles. The Morgan fingerprint density at radius 2 is 1.91 bits per heavy atom. The van der Waals surface area contributed by atoms with E-state index < -0.39 is 0 Å². The Kier molecular flexibility index (Phi) is 6.74. The number of aryl methyl sites for hydroxylation is 1. The topological polar surface area (TPSA) is 58.0 Å². The average molecular weight is 471 g/mol. The summed E-state index contributed by atoms with van der Waals surface area (Å²) < 4.78 is 5.47. The van der Waals surface area contributed by atoms with Gasteiger partial charge >= 0.3 is 0 Å². The zero-order valence-electron chi connectivity index (χ0n) is 19.1. The number of para-hydroxylation sites is 1. The first-order valence-corrected chi connectivity index (χ1v) is 12.2. The quantitative estimate of drug-likeness (QED) is 0.490. The first kappa shape index (κ1) is 22.4. The number of aromatic nitrogens is 1. The minimum absolute atomic E-state index is 0.0415. The molecule has 1 amide bonds. The standard InChI is InChI=1S/C27H26N4O2S/c1-20-16-24(30-12-14-33-15-13-30)10-9-22(20)17-25-26(32)31(19-21-6-5-11-28-18-21)27(34-25)29-23-7-3-2-4-8-23/h2-11,16-18H,12-15,19H2,1H3/b25-17+,29-27?. The predicted molar refractivity (Wildman–Crippen MR) is 138 cm³/mol. The van der Waals surface area contributed by atoms with E-state index in [4.69, 9.17) is 9.73 Å². The molecule has 0 saturated carbocycles. The maximum absolute atomic E-state index is 13.5. The van der Waals surface area contributed by atoms with Gasteiger partial charge in [-0.25, -0.2) is 4.99 Å². The van der Waals surface area contributed by atoms with Crippen molar-refractivity contribution in [2.24, 2.45) is 4.99 Å². The highest BCUT2D eigenvalue weighted by Crippen LogP contribution is 2.36. The number of carbonyl (C=O) groups excluding carboxylic acids is 1. The number of rotatable bonds is 5. The van der Waals surface area contributed by atoms with E-state index in [-0.39, 0.29) is 5.91 Å². The number of anilines is 1. The van der Waals surface area contributed by atoms with Crippen LogP contribution in [-0.4, -0.2) is 47.3 Å². The van der Waals surface area contributed by atoms with Crippen molar-refractivity contribution < 1.29 is 9.53 Å². The van der Waals surface area contributed by atoms with E-state index in [0.29, 0.717) is 16.6 Å². The molecule has 2 aromatic carbocycles. The molecule has 2 aliphatic heterocycles. The fourth-order valence-electron chi connectivity index (χ4n) is 4.00. The third-order valence-corrected chi connectivity index (χ3v) is 6.86. The average Bonchev–Trinajstić information content (AvgIpc) is 3.16. The lowest BCUT2D eigenvalue weighted by atomic mass is 10.1. The Morgan fingerprint density at radius 1 is 1.09 bits per heavy atom. The smallest absolute Gasteiger partial charge is 0.267 e. The van der Waals surface area contributed by atoms with Crippen LogP contribution in [0.5, 0.6) is 0 Å². The van der Waals surface area contributed by atoms with E-state index >= 15 is 0 Å². The predicted octanol–water partition coefficient (Wildman–Crippen LogP) is 5.03. The van der Waals surface area contributed by atoms with Crippen molar-refractivity contribution in [2.75, 3.05) is 31.2 Å². The van der Waals surface area contributed by atoms with Crippen molar-refractivity contribution >= 4 is 40.3 Å². The molecular formula is C27H26N4O2S. The molecule has 2 fully saturated rings. The number of aliphatic imine (C=N–C) groups is 1. The van der Waals surface area contributed by atoms with Crippen molar-refractivity contribution in [3.05, 3.63) is 94.7 Å². The van der Waals surface area contributed by atoms with Gasteiger partial charge in [-0.15, -0.1) is 0 Å². The summed E-state index contributed by atoms with van der Waals surface area (Å²) in [4.78, 5) is 27.2. The van der Waals surface area contributed by atoms with Crippen molar-refractivity contribution in [3.63, 3.8) is 0 Å². The van der Waals surface area contributed by atoms with E-state index in [1.54, 1.807) is 17.3 Å². The first-order valence-electron chi connectivity index (χ1n) is 11.3. The molecule has 172 valence electrons. The number of amidine groups is 1. The van der Waals surface area contributed by atoms with Crippen molar-refractivity contribution in [2.45, 2.75) is 13.5 Å². The van der Waals surface area contributed by atoms with Crippen LogP contribution in [0.25, 0.3) is 6.08 Å². The van der Waals surface area contributed by atoms with Crippen LogP contribution in [0.1, 0.15) is 16.7 Å². The summed E-state index contributed by atoms with van der Waals surface area (Å²) in [5, 5.41) is 0.675. The van der Waals surface area contributed by atoms with Gasteiger partial charge in [0.05, 0.1) is 30.4 Å². The van der Waals surface area contributed by atoms with Crippen molar-refractivity contribution in [1.82, 2.24) is 9.88 Å². The number of hydrogen-bond donors (Lipinski definition) is 0. The molecule has 6 nitrogen and oxygen atoms in total.